The lowest BCUT2D eigenvalue weighted by molar-refractivity contribution is 0.0978. The van der Waals surface area contributed by atoms with E-state index < -0.39 is 0 Å². The molecule has 0 fully saturated rings. The molecule has 31 heavy (non-hydrogen) atoms. The average Bonchev–Trinajstić information content (AvgIpc) is 3.46. The van der Waals surface area contributed by atoms with Crippen LogP contribution in [0.2, 0.25) is 0 Å². The second-order valence-electron chi connectivity index (χ2n) is 6.70. The smallest absolute Gasteiger partial charge is 0.257 e. The molecular weight excluding hydrogens is 452 g/mol. The van der Waals surface area contributed by atoms with Crippen LogP contribution in [0, 0.1) is 13.8 Å². The van der Waals surface area contributed by atoms with Crippen LogP contribution in [0.3, 0.4) is 0 Å². The number of nitrogens with one attached hydrogen (secondary N) is 2. The third-order valence-corrected chi connectivity index (χ3v) is 6.40. The molecule has 0 aliphatic heterocycles. The van der Waals surface area contributed by atoms with Crippen LogP contribution in [-0.2, 0) is 0 Å². The van der Waals surface area contributed by atoms with Crippen molar-refractivity contribution in [2.75, 3.05) is 5.32 Å². The number of rotatable bonds is 3. The van der Waals surface area contributed by atoms with Gasteiger partial charge in [-0.25, -0.2) is 0 Å². The fraction of sp³-hybridized carbons (Fsp3) is 0.105. The maximum Gasteiger partial charge on any atom is 0.257 e. The summed E-state index contributed by atoms with van der Waals surface area (Å²) in [6.45, 7) is 3.83. The van der Waals surface area contributed by atoms with Gasteiger partial charge in [-0.3, -0.25) is 10.1 Å². The van der Waals surface area contributed by atoms with Crippen molar-refractivity contribution in [3.8, 4) is 10.6 Å². The first kappa shape index (κ1) is 19.6. The zero-order chi connectivity index (χ0) is 21.5. The molecule has 0 aliphatic rings. The molecule has 0 bridgehead atoms. The van der Waals surface area contributed by atoms with Gasteiger partial charge in [0.05, 0.1) is 11.7 Å². The number of nitrogens with zero attached hydrogens (tertiary/aromatic N) is 6. The minimum atomic E-state index is -0.315. The number of hydrogen-bond acceptors (Lipinski definition) is 9. The first-order valence-electron chi connectivity index (χ1n) is 9.13. The lowest BCUT2D eigenvalue weighted by Crippen LogP contribution is -2.34. The number of carbonyl (C=O) groups excluding carboxylic acids is 1. The summed E-state index contributed by atoms with van der Waals surface area (Å²) in [6, 6.07) is 10.9. The minimum absolute atomic E-state index is 0.204. The van der Waals surface area contributed by atoms with Gasteiger partial charge in [-0.1, -0.05) is 23.5 Å². The van der Waals surface area contributed by atoms with Crippen molar-refractivity contribution in [1.29, 1.82) is 0 Å². The monoisotopic (exact) mass is 466 g/mol. The summed E-state index contributed by atoms with van der Waals surface area (Å²) in [5.41, 5.74) is 4.59. The van der Waals surface area contributed by atoms with E-state index >= 15 is 0 Å². The number of aryl methyl sites for hydroxylation is 1. The average molecular weight is 467 g/mol. The summed E-state index contributed by atoms with van der Waals surface area (Å²) >= 11 is 7.93. The van der Waals surface area contributed by atoms with E-state index in [0.717, 1.165) is 49.9 Å². The van der Waals surface area contributed by atoms with Crippen molar-refractivity contribution in [1.82, 2.24) is 33.9 Å². The Morgan fingerprint density at radius 1 is 1.10 bits per heavy atom. The Labute approximate surface area is 189 Å². The Hall–Kier alpha value is -3.35. The Balaban J connectivity index is 1.35. The number of carbonyl (C=O) groups is 1. The van der Waals surface area contributed by atoms with Crippen molar-refractivity contribution < 1.29 is 4.79 Å². The predicted octanol–water partition coefficient (Wildman–Crippen LogP) is 3.60. The molecule has 0 unspecified atom stereocenters. The van der Waals surface area contributed by atoms with Crippen molar-refractivity contribution in [3.63, 3.8) is 0 Å². The van der Waals surface area contributed by atoms with Gasteiger partial charge in [-0.05, 0) is 55.9 Å². The Morgan fingerprint density at radius 2 is 1.94 bits per heavy atom. The summed E-state index contributed by atoms with van der Waals surface area (Å²) in [5, 5.41) is 19.6. The molecule has 5 aromatic rings. The minimum Gasteiger partial charge on any atom is -0.332 e. The fourth-order valence-electron chi connectivity index (χ4n) is 3.08. The van der Waals surface area contributed by atoms with E-state index in [0.29, 0.717) is 11.1 Å². The van der Waals surface area contributed by atoms with Gasteiger partial charge in [0.2, 0.25) is 4.96 Å². The molecule has 5 rings (SSSR count). The number of amides is 1. The van der Waals surface area contributed by atoms with E-state index in [4.69, 9.17) is 12.2 Å². The number of hydrogen-bond donors (Lipinski definition) is 2. The van der Waals surface area contributed by atoms with Crippen LogP contribution in [0.15, 0.2) is 36.4 Å². The normalized spacial score (nSPS) is 11.2. The molecular formula is C19H14N8OS3. The lowest BCUT2D eigenvalue weighted by atomic mass is 10.1. The summed E-state index contributed by atoms with van der Waals surface area (Å²) in [6.07, 6.45) is 0. The van der Waals surface area contributed by atoms with Crippen LogP contribution in [0.4, 0.5) is 5.69 Å². The number of anilines is 1. The number of fused-ring (bicyclic) bond motifs is 2. The molecule has 12 heteroatoms. The highest BCUT2D eigenvalue weighted by atomic mass is 32.1. The SMILES string of the molecule is Cc1c(NC(=S)NC(=O)c2ccc3nsnc3c2)cccc1-c1nn2c(C)nnc2s1. The number of benzene rings is 2. The molecule has 2 aromatic carbocycles. The van der Waals surface area contributed by atoms with E-state index in [1.54, 1.807) is 22.7 Å². The van der Waals surface area contributed by atoms with Gasteiger partial charge in [-0.15, -0.1) is 10.2 Å². The van der Waals surface area contributed by atoms with E-state index in [1.165, 1.54) is 11.3 Å². The number of thiocarbonyl (C=S) groups is 1. The highest BCUT2D eigenvalue weighted by molar-refractivity contribution is 7.80. The van der Waals surface area contributed by atoms with Crippen molar-refractivity contribution in [3.05, 3.63) is 53.3 Å². The van der Waals surface area contributed by atoms with Crippen molar-refractivity contribution >= 4 is 68.0 Å². The third kappa shape index (κ3) is 3.65. The fourth-order valence-corrected chi connectivity index (χ4v) is 4.77. The van der Waals surface area contributed by atoms with Gasteiger partial charge in [0.25, 0.3) is 5.91 Å². The Morgan fingerprint density at radius 3 is 2.77 bits per heavy atom. The molecule has 3 heterocycles. The van der Waals surface area contributed by atoms with Gasteiger partial charge >= 0.3 is 0 Å². The molecule has 0 aliphatic carbocycles. The largest absolute Gasteiger partial charge is 0.332 e. The molecule has 0 radical (unpaired) electrons. The van der Waals surface area contributed by atoms with Crippen LogP contribution in [-0.4, -0.2) is 39.6 Å². The zero-order valence-electron chi connectivity index (χ0n) is 16.3. The van der Waals surface area contributed by atoms with Crippen molar-refractivity contribution in [2.45, 2.75) is 13.8 Å². The summed E-state index contributed by atoms with van der Waals surface area (Å²) in [5.74, 6) is 0.422. The summed E-state index contributed by atoms with van der Waals surface area (Å²) in [7, 11) is 0. The predicted molar refractivity (Wildman–Crippen MR) is 125 cm³/mol. The van der Waals surface area contributed by atoms with Gasteiger partial charge in [-0.2, -0.15) is 18.4 Å². The lowest BCUT2D eigenvalue weighted by Gasteiger charge is -2.13. The number of aromatic nitrogens is 6. The first-order valence-corrected chi connectivity index (χ1v) is 11.1. The maximum atomic E-state index is 12.6. The first-order chi connectivity index (χ1) is 15.0. The molecule has 9 nitrogen and oxygen atoms in total. The van der Waals surface area contributed by atoms with E-state index in [1.807, 2.05) is 32.0 Å². The zero-order valence-corrected chi connectivity index (χ0v) is 18.7. The molecule has 0 atom stereocenters. The highest BCUT2D eigenvalue weighted by Gasteiger charge is 2.15. The van der Waals surface area contributed by atoms with Crippen LogP contribution in [0.1, 0.15) is 21.7 Å². The van der Waals surface area contributed by atoms with Gasteiger partial charge in [0.15, 0.2) is 10.9 Å². The summed E-state index contributed by atoms with van der Waals surface area (Å²) < 4.78 is 10.0. The third-order valence-electron chi connectivity index (χ3n) is 4.70. The van der Waals surface area contributed by atoms with Crippen LogP contribution < -0.4 is 10.6 Å². The maximum absolute atomic E-state index is 12.6. The van der Waals surface area contributed by atoms with E-state index in [9.17, 15) is 4.79 Å². The summed E-state index contributed by atoms with van der Waals surface area (Å²) in [4.78, 5) is 13.3. The van der Waals surface area contributed by atoms with Gasteiger partial charge < -0.3 is 5.32 Å². The standard InChI is InChI=1S/C19H14N8OS3/c1-9-12(17-24-27-10(2)22-23-19(27)30-17)4-3-5-13(9)20-18(29)21-16(28)11-6-7-14-15(8-11)26-31-25-14/h3-8H,1-2H3,(H2,20,21,28,29). The van der Waals surface area contributed by atoms with Crippen LogP contribution >= 0.6 is 35.3 Å². The van der Waals surface area contributed by atoms with E-state index in [2.05, 4.69) is 34.7 Å². The molecule has 0 saturated heterocycles. The molecule has 154 valence electrons. The second kappa shape index (κ2) is 7.72. The molecule has 0 spiro atoms. The highest BCUT2D eigenvalue weighted by Crippen LogP contribution is 2.31. The van der Waals surface area contributed by atoms with Gasteiger partial charge in [0, 0.05) is 16.8 Å². The van der Waals surface area contributed by atoms with Gasteiger partial charge in [0.1, 0.15) is 16.0 Å². The second-order valence-corrected chi connectivity index (χ2v) is 8.60. The molecule has 3 aromatic heterocycles. The van der Waals surface area contributed by atoms with E-state index in [-0.39, 0.29) is 11.0 Å². The molecule has 0 saturated carbocycles. The topological polar surface area (TPSA) is 110 Å². The molecule has 2 N–H and O–H groups in total. The Bertz CT molecular complexity index is 1470. The molecule has 1 amide bonds. The van der Waals surface area contributed by atoms with Crippen LogP contribution in [0.25, 0.3) is 26.6 Å². The van der Waals surface area contributed by atoms with Crippen LogP contribution in [0.5, 0.6) is 0 Å². The van der Waals surface area contributed by atoms with Crippen molar-refractivity contribution in [2.24, 2.45) is 0 Å². The quantitative estimate of drug-likeness (QED) is 0.388. The Kier molecular flexibility index (Phi) is 4.88.